The first-order chi connectivity index (χ1) is 9.99. The summed E-state index contributed by atoms with van der Waals surface area (Å²) in [5.74, 6) is -2.37. The molecule has 0 atom stereocenters. The zero-order chi connectivity index (χ0) is 15.4. The van der Waals surface area contributed by atoms with Crippen LogP contribution in [0.4, 0.5) is 20.6 Å². The smallest absolute Gasteiger partial charge is 0.340 e. The molecule has 5 nitrogen and oxygen atoms in total. The zero-order valence-corrected chi connectivity index (χ0v) is 12.1. The van der Waals surface area contributed by atoms with E-state index in [1.807, 2.05) is 0 Å². The van der Waals surface area contributed by atoms with E-state index in [9.17, 15) is 14.0 Å². The molecular weight excluding hydrogens is 343 g/mol. The maximum absolute atomic E-state index is 13.5. The average molecular weight is 353 g/mol. The van der Waals surface area contributed by atoms with Crippen LogP contribution in [0.15, 0.2) is 46.9 Å². The third-order valence-corrected chi connectivity index (χ3v) is 3.29. The molecule has 0 unspecified atom stereocenters. The van der Waals surface area contributed by atoms with Gasteiger partial charge in [0, 0.05) is 4.47 Å². The topological polar surface area (TPSA) is 78.4 Å². The molecule has 21 heavy (non-hydrogen) atoms. The molecule has 0 aromatic heterocycles. The van der Waals surface area contributed by atoms with E-state index in [0.717, 1.165) is 6.07 Å². The van der Waals surface area contributed by atoms with Gasteiger partial charge in [0.15, 0.2) is 0 Å². The van der Waals surface area contributed by atoms with E-state index in [1.54, 1.807) is 24.3 Å². The van der Waals surface area contributed by atoms with E-state index in [0.29, 0.717) is 10.2 Å². The summed E-state index contributed by atoms with van der Waals surface area (Å²) >= 11 is 3.26. The molecule has 108 valence electrons. The quantitative estimate of drug-likeness (QED) is 0.782. The van der Waals surface area contributed by atoms with Crippen LogP contribution in [0, 0.1) is 5.82 Å². The van der Waals surface area contributed by atoms with Crippen LogP contribution in [0.25, 0.3) is 0 Å². The fourth-order valence-corrected chi connectivity index (χ4v) is 2.07. The predicted molar refractivity (Wildman–Crippen MR) is 80.1 cm³/mol. The minimum atomic E-state index is -1.45. The maximum Gasteiger partial charge on any atom is 0.340 e. The summed E-state index contributed by atoms with van der Waals surface area (Å²) in [6.07, 6.45) is 0. The molecule has 3 N–H and O–H groups in total. The van der Waals surface area contributed by atoms with Gasteiger partial charge in [-0.3, -0.25) is 0 Å². The van der Waals surface area contributed by atoms with Crippen molar-refractivity contribution >= 4 is 39.3 Å². The van der Waals surface area contributed by atoms with Crippen LogP contribution in [0.5, 0.6) is 0 Å². The number of carbonyl (C=O) groups excluding carboxylic acids is 1. The highest BCUT2D eigenvalue weighted by Gasteiger charge is 2.17. The summed E-state index contributed by atoms with van der Waals surface area (Å²) < 4.78 is 14.1. The number of nitrogens with one attached hydrogen (secondary N) is 2. The summed E-state index contributed by atoms with van der Waals surface area (Å²) in [6.45, 7) is 0. The number of carbonyl (C=O) groups is 2. The number of carboxylic acid groups (broad SMARTS) is 1. The summed E-state index contributed by atoms with van der Waals surface area (Å²) in [5.41, 5.74) is -0.199. The van der Waals surface area contributed by atoms with E-state index in [2.05, 4.69) is 26.6 Å². The Morgan fingerprint density at radius 2 is 1.62 bits per heavy atom. The van der Waals surface area contributed by atoms with E-state index in [4.69, 9.17) is 5.11 Å². The molecule has 2 aromatic carbocycles. The Labute approximate surface area is 127 Å². The molecule has 0 saturated heterocycles. The SMILES string of the molecule is O=C(Nc1ccccc1Br)Nc1cccc(F)c1C(=O)O. The monoisotopic (exact) mass is 352 g/mol. The van der Waals surface area contributed by atoms with Crippen molar-refractivity contribution < 1.29 is 19.1 Å². The van der Waals surface area contributed by atoms with Crippen LogP contribution in [0.3, 0.4) is 0 Å². The van der Waals surface area contributed by atoms with Gasteiger partial charge < -0.3 is 15.7 Å². The Morgan fingerprint density at radius 3 is 2.29 bits per heavy atom. The highest BCUT2D eigenvalue weighted by Crippen LogP contribution is 2.22. The van der Waals surface area contributed by atoms with E-state index >= 15 is 0 Å². The number of benzene rings is 2. The van der Waals surface area contributed by atoms with Gasteiger partial charge in [-0.15, -0.1) is 0 Å². The molecule has 0 heterocycles. The van der Waals surface area contributed by atoms with Gasteiger partial charge in [0.05, 0.1) is 11.4 Å². The van der Waals surface area contributed by atoms with Crippen LogP contribution in [0.1, 0.15) is 10.4 Å². The van der Waals surface area contributed by atoms with Crippen molar-refractivity contribution in [1.82, 2.24) is 0 Å². The van der Waals surface area contributed by atoms with Crippen LogP contribution in [0.2, 0.25) is 0 Å². The molecular formula is C14H10BrFN2O3. The largest absolute Gasteiger partial charge is 0.478 e. The Bertz CT molecular complexity index is 706. The van der Waals surface area contributed by atoms with Crippen LogP contribution >= 0.6 is 15.9 Å². The van der Waals surface area contributed by atoms with Crippen molar-refractivity contribution in [2.45, 2.75) is 0 Å². The lowest BCUT2D eigenvalue weighted by atomic mass is 10.1. The fourth-order valence-electron chi connectivity index (χ4n) is 1.68. The highest BCUT2D eigenvalue weighted by atomic mass is 79.9. The number of hydrogen-bond acceptors (Lipinski definition) is 2. The van der Waals surface area contributed by atoms with Gasteiger partial charge in [-0.2, -0.15) is 0 Å². The minimum absolute atomic E-state index is 0.118. The number of halogens is 2. The number of urea groups is 1. The number of rotatable bonds is 3. The van der Waals surface area contributed by atoms with E-state index < -0.39 is 23.4 Å². The van der Waals surface area contributed by atoms with Gasteiger partial charge in [0.2, 0.25) is 0 Å². The van der Waals surface area contributed by atoms with Gasteiger partial charge in [-0.1, -0.05) is 18.2 Å². The van der Waals surface area contributed by atoms with Crippen molar-refractivity contribution in [2.24, 2.45) is 0 Å². The first-order valence-corrected chi connectivity index (χ1v) is 6.62. The number of hydrogen-bond donors (Lipinski definition) is 3. The summed E-state index contributed by atoms with van der Waals surface area (Å²) in [6, 6.07) is 9.87. The lowest BCUT2D eigenvalue weighted by molar-refractivity contribution is 0.0693. The predicted octanol–water partition coefficient (Wildman–Crippen LogP) is 3.93. The summed E-state index contributed by atoms with van der Waals surface area (Å²) in [7, 11) is 0. The molecule has 2 aromatic rings. The molecule has 2 amide bonds. The van der Waals surface area contributed by atoms with Crippen LogP contribution < -0.4 is 10.6 Å². The number of amides is 2. The minimum Gasteiger partial charge on any atom is -0.478 e. The summed E-state index contributed by atoms with van der Waals surface area (Å²) in [4.78, 5) is 22.9. The van der Waals surface area contributed by atoms with Gasteiger partial charge >= 0.3 is 12.0 Å². The third-order valence-electron chi connectivity index (χ3n) is 2.60. The molecule has 7 heteroatoms. The third kappa shape index (κ3) is 3.57. The molecule has 0 aliphatic rings. The second-order valence-electron chi connectivity index (χ2n) is 4.03. The Hall–Kier alpha value is -2.41. The number of carboxylic acids is 1. The molecule has 0 saturated carbocycles. The molecule has 0 radical (unpaired) electrons. The molecule has 0 bridgehead atoms. The van der Waals surface area contributed by atoms with Crippen molar-refractivity contribution in [3.8, 4) is 0 Å². The Morgan fingerprint density at radius 1 is 1.00 bits per heavy atom. The standard InChI is InChI=1S/C14H10BrFN2O3/c15-8-4-1-2-6-10(8)17-14(21)18-11-7-3-5-9(16)12(11)13(19)20/h1-7H,(H,19,20)(H2,17,18,21). The molecule has 0 aliphatic heterocycles. The van der Waals surface area contributed by atoms with E-state index in [1.165, 1.54) is 12.1 Å². The Kier molecular flexibility index (Phi) is 4.54. The molecule has 0 fully saturated rings. The first kappa shape index (κ1) is 15.0. The van der Waals surface area contributed by atoms with Crippen molar-refractivity contribution in [3.63, 3.8) is 0 Å². The lowest BCUT2D eigenvalue weighted by Gasteiger charge is -2.11. The van der Waals surface area contributed by atoms with Crippen molar-refractivity contribution in [3.05, 3.63) is 58.3 Å². The van der Waals surface area contributed by atoms with Gasteiger partial charge in [-0.05, 0) is 40.2 Å². The first-order valence-electron chi connectivity index (χ1n) is 5.83. The van der Waals surface area contributed by atoms with Crippen LogP contribution in [-0.2, 0) is 0 Å². The van der Waals surface area contributed by atoms with Crippen LogP contribution in [-0.4, -0.2) is 17.1 Å². The highest BCUT2D eigenvalue weighted by molar-refractivity contribution is 9.10. The number of anilines is 2. The lowest BCUT2D eigenvalue weighted by Crippen LogP contribution is -2.21. The normalized spacial score (nSPS) is 10.0. The number of para-hydroxylation sites is 1. The van der Waals surface area contributed by atoms with Gasteiger partial charge in [0.1, 0.15) is 11.4 Å². The van der Waals surface area contributed by atoms with Crippen molar-refractivity contribution in [1.29, 1.82) is 0 Å². The number of aromatic carboxylic acids is 1. The second kappa shape index (κ2) is 6.36. The second-order valence-corrected chi connectivity index (χ2v) is 4.88. The Balaban J connectivity index is 2.19. The van der Waals surface area contributed by atoms with E-state index in [-0.39, 0.29) is 5.69 Å². The zero-order valence-electron chi connectivity index (χ0n) is 10.6. The summed E-state index contributed by atoms with van der Waals surface area (Å²) in [5, 5.41) is 13.8. The fraction of sp³-hybridized carbons (Fsp3) is 0. The van der Waals surface area contributed by atoms with Crippen molar-refractivity contribution in [2.75, 3.05) is 10.6 Å². The molecule has 0 spiro atoms. The molecule has 2 rings (SSSR count). The average Bonchev–Trinajstić information content (AvgIpc) is 2.41. The maximum atomic E-state index is 13.5. The van der Waals surface area contributed by atoms with Gasteiger partial charge in [-0.25, -0.2) is 14.0 Å². The molecule has 0 aliphatic carbocycles. The van der Waals surface area contributed by atoms with Gasteiger partial charge in [0.25, 0.3) is 0 Å².